The third-order valence-corrected chi connectivity index (χ3v) is 7.86. The van der Waals surface area contributed by atoms with Crippen LogP contribution in [0.15, 0.2) is 35.7 Å². The van der Waals surface area contributed by atoms with Crippen LogP contribution in [0.5, 0.6) is 0 Å². The molecule has 5 rings (SSSR count). The molecule has 15 heteroatoms. The highest BCUT2D eigenvalue weighted by Gasteiger charge is 2.52. The number of hydrogen-bond acceptors (Lipinski definition) is 7. The number of anilines is 1. The first-order valence-corrected chi connectivity index (χ1v) is 11.6. The number of hydrogen-bond donors (Lipinski definition) is 0. The SMILES string of the molecule is O=S(=O)(c1cncc(C(F)(F)F)c1)N1CC2(CCN(c3cnc4cnn(CC(F)F)c4n3)C2)C1. The maximum absolute atomic E-state index is 13.0. The third-order valence-electron chi connectivity index (χ3n) is 6.11. The molecule has 0 unspecified atom stereocenters. The summed E-state index contributed by atoms with van der Waals surface area (Å²) in [4.78, 5) is 13.5. The number of halogens is 5. The van der Waals surface area contributed by atoms with Crippen LogP contribution >= 0.6 is 0 Å². The van der Waals surface area contributed by atoms with Gasteiger partial charge in [-0.3, -0.25) is 4.98 Å². The Hall–Kier alpha value is -2.94. The van der Waals surface area contributed by atoms with Crippen molar-refractivity contribution in [1.29, 1.82) is 0 Å². The summed E-state index contributed by atoms with van der Waals surface area (Å²) >= 11 is 0. The van der Waals surface area contributed by atoms with E-state index in [2.05, 4.69) is 20.1 Å². The minimum atomic E-state index is -4.70. The van der Waals surface area contributed by atoms with Crippen molar-refractivity contribution >= 4 is 27.0 Å². The number of pyridine rings is 1. The topological polar surface area (TPSA) is 97.1 Å². The van der Waals surface area contributed by atoms with Crippen molar-refractivity contribution in [2.75, 3.05) is 31.1 Å². The number of fused-ring (bicyclic) bond motifs is 1. The standard InChI is InChI=1S/C19H18F5N7O2S/c20-15(21)8-31-17-14(6-27-31)26-7-16(28-17)29-2-1-18(9-29)10-30(11-18)34(32,33)13-3-12(4-25-5-13)19(22,23)24/h3-7,15H,1-2,8-11H2. The number of aromatic nitrogens is 5. The summed E-state index contributed by atoms with van der Waals surface area (Å²) < 4.78 is 92.3. The molecule has 2 saturated heterocycles. The first-order chi connectivity index (χ1) is 16.0. The number of rotatable bonds is 5. The summed E-state index contributed by atoms with van der Waals surface area (Å²) in [5.41, 5.74) is -0.902. The maximum atomic E-state index is 13.0. The fourth-order valence-electron chi connectivity index (χ4n) is 4.38. The molecule has 0 amide bonds. The van der Waals surface area contributed by atoms with E-state index in [1.54, 1.807) is 0 Å². The first kappa shape index (κ1) is 22.8. The smallest absolute Gasteiger partial charge is 0.355 e. The van der Waals surface area contributed by atoms with Crippen LogP contribution in [0.2, 0.25) is 0 Å². The van der Waals surface area contributed by atoms with Crippen LogP contribution in [0, 0.1) is 5.41 Å². The third kappa shape index (κ3) is 3.96. The molecule has 1 spiro atoms. The van der Waals surface area contributed by atoms with E-state index < -0.39 is 39.6 Å². The zero-order valence-electron chi connectivity index (χ0n) is 17.5. The lowest BCUT2D eigenvalue weighted by Gasteiger charge is -2.46. The zero-order valence-corrected chi connectivity index (χ0v) is 18.3. The highest BCUT2D eigenvalue weighted by Crippen LogP contribution is 2.43. The van der Waals surface area contributed by atoms with E-state index in [4.69, 9.17) is 0 Å². The molecule has 0 saturated carbocycles. The van der Waals surface area contributed by atoms with Crippen molar-refractivity contribution in [2.24, 2.45) is 5.41 Å². The molecule has 2 aliphatic rings. The normalized spacial score (nSPS) is 18.8. The van der Waals surface area contributed by atoms with Crippen LogP contribution in [0.4, 0.5) is 27.8 Å². The molecule has 34 heavy (non-hydrogen) atoms. The van der Waals surface area contributed by atoms with Crippen molar-refractivity contribution in [3.8, 4) is 0 Å². The quantitative estimate of drug-likeness (QED) is 0.494. The van der Waals surface area contributed by atoms with Crippen LogP contribution < -0.4 is 4.90 Å². The Labute approximate surface area is 190 Å². The van der Waals surface area contributed by atoms with Gasteiger partial charge < -0.3 is 4.90 Å². The van der Waals surface area contributed by atoms with Crippen LogP contribution in [-0.2, 0) is 22.7 Å². The van der Waals surface area contributed by atoms with Crippen molar-refractivity contribution in [3.05, 3.63) is 36.4 Å². The maximum Gasteiger partial charge on any atom is 0.417 e. The second kappa shape index (κ2) is 7.80. The summed E-state index contributed by atoms with van der Waals surface area (Å²) in [6, 6.07) is 0.585. The summed E-state index contributed by atoms with van der Waals surface area (Å²) in [7, 11) is -4.13. The number of nitrogens with zero attached hydrogens (tertiary/aromatic N) is 7. The van der Waals surface area contributed by atoms with Gasteiger partial charge >= 0.3 is 6.18 Å². The van der Waals surface area contributed by atoms with Crippen LogP contribution in [-0.4, -0.2) is 70.1 Å². The molecule has 0 radical (unpaired) electrons. The fourth-order valence-corrected chi connectivity index (χ4v) is 6.04. The van der Waals surface area contributed by atoms with Gasteiger partial charge in [0.1, 0.15) is 22.8 Å². The molecule has 0 atom stereocenters. The van der Waals surface area contributed by atoms with E-state index in [1.807, 2.05) is 4.90 Å². The first-order valence-electron chi connectivity index (χ1n) is 10.2. The average Bonchev–Trinajstić information content (AvgIpc) is 3.37. The van der Waals surface area contributed by atoms with Gasteiger partial charge in [-0.1, -0.05) is 0 Å². The Balaban J connectivity index is 1.30. The average molecular weight is 503 g/mol. The molecule has 0 aliphatic carbocycles. The molecule has 2 aliphatic heterocycles. The number of sulfonamides is 1. The van der Waals surface area contributed by atoms with E-state index in [1.165, 1.54) is 12.4 Å². The highest BCUT2D eigenvalue weighted by atomic mass is 32.2. The number of alkyl halides is 5. The van der Waals surface area contributed by atoms with Gasteiger partial charge in [-0.05, 0) is 12.5 Å². The Bertz CT molecular complexity index is 1340. The summed E-state index contributed by atoms with van der Waals surface area (Å²) in [6.45, 7) is 0.663. The van der Waals surface area contributed by atoms with Crippen LogP contribution in [0.3, 0.4) is 0 Å². The van der Waals surface area contributed by atoms with Gasteiger partial charge in [-0.25, -0.2) is 31.8 Å². The summed E-state index contributed by atoms with van der Waals surface area (Å²) in [6.07, 6.45) is -2.31. The van der Waals surface area contributed by atoms with Gasteiger partial charge in [0.05, 0.1) is 18.0 Å². The van der Waals surface area contributed by atoms with Crippen LogP contribution in [0.1, 0.15) is 12.0 Å². The van der Waals surface area contributed by atoms with Gasteiger partial charge in [-0.15, -0.1) is 0 Å². The van der Waals surface area contributed by atoms with Crippen molar-refractivity contribution in [3.63, 3.8) is 0 Å². The lowest BCUT2D eigenvalue weighted by Crippen LogP contribution is -2.59. The molecule has 0 bridgehead atoms. The lowest BCUT2D eigenvalue weighted by atomic mass is 9.81. The van der Waals surface area contributed by atoms with Crippen molar-refractivity contribution < 1.29 is 30.4 Å². The Morgan fingerprint density at radius 2 is 1.85 bits per heavy atom. The molecule has 2 fully saturated rings. The molecule has 0 aromatic carbocycles. The van der Waals surface area contributed by atoms with Crippen molar-refractivity contribution in [2.45, 2.75) is 30.5 Å². The lowest BCUT2D eigenvalue weighted by molar-refractivity contribution is -0.138. The van der Waals surface area contributed by atoms with E-state index in [0.29, 0.717) is 43.1 Å². The minimum Gasteiger partial charge on any atom is -0.355 e. The largest absolute Gasteiger partial charge is 0.417 e. The zero-order chi connectivity index (χ0) is 24.3. The van der Waals surface area contributed by atoms with Crippen molar-refractivity contribution in [1.82, 2.24) is 29.0 Å². The van der Waals surface area contributed by atoms with Gasteiger partial charge in [-0.2, -0.15) is 22.6 Å². The Kier molecular flexibility index (Phi) is 5.24. The fraction of sp³-hybridized carbons (Fsp3) is 0.474. The molecule has 5 heterocycles. The monoisotopic (exact) mass is 503 g/mol. The molecule has 182 valence electrons. The molecule has 9 nitrogen and oxygen atoms in total. The van der Waals surface area contributed by atoms with Gasteiger partial charge in [0.25, 0.3) is 6.43 Å². The van der Waals surface area contributed by atoms with Gasteiger partial charge in [0.15, 0.2) is 5.65 Å². The molecular formula is C19H18F5N7O2S. The van der Waals surface area contributed by atoms with E-state index in [0.717, 1.165) is 15.2 Å². The second-order valence-corrected chi connectivity index (χ2v) is 10.4. The van der Waals surface area contributed by atoms with Gasteiger partial charge in [0, 0.05) is 44.0 Å². The molecule has 3 aromatic rings. The van der Waals surface area contributed by atoms with E-state index >= 15 is 0 Å². The van der Waals surface area contributed by atoms with E-state index in [-0.39, 0.29) is 24.2 Å². The van der Waals surface area contributed by atoms with Gasteiger partial charge in [0.2, 0.25) is 10.0 Å². The predicted octanol–water partition coefficient (Wildman–Crippen LogP) is 2.41. The highest BCUT2D eigenvalue weighted by molar-refractivity contribution is 7.89. The van der Waals surface area contributed by atoms with Crippen LogP contribution in [0.25, 0.3) is 11.2 Å². The summed E-state index contributed by atoms with van der Waals surface area (Å²) in [5, 5.41) is 3.89. The Morgan fingerprint density at radius 3 is 2.56 bits per heavy atom. The molecule has 0 N–H and O–H groups in total. The second-order valence-electron chi connectivity index (χ2n) is 8.51. The molecule has 3 aromatic heterocycles. The predicted molar refractivity (Wildman–Crippen MR) is 109 cm³/mol. The van der Waals surface area contributed by atoms with E-state index in [9.17, 15) is 30.4 Å². The molecular weight excluding hydrogens is 485 g/mol. The Morgan fingerprint density at radius 1 is 1.09 bits per heavy atom. The summed E-state index contributed by atoms with van der Waals surface area (Å²) in [5.74, 6) is 0.462. The minimum absolute atomic E-state index is 0.140.